The van der Waals surface area contributed by atoms with E-state index in [1.54, 1.807) is 12.1 Å². The van der Waals surface area contributed by atoms with Gasteiger partial charge >= 0.3 is 0 Å². The number of carbonyl (C=O) groups excluding carboxylic acids is 1. The maximum absolute atomic E-state index is 10.9. The van der Waals surface area contributed by atoms with E-state index in [1.807, 2.05) is 6.07 Å². The number of aliphatic hydroxyl groups excluding tert-OH is 1. The third kappa shape index (κ3) is 1.68. The zero-order valence-electron chi connectivity index (χ0n) is 6.32. The smallest absolute Gasteiger partial charge is 0.188 e. The van der Waals surface area contributed by atoms with E-state index in [0.717, 1.165) is 0 Å². The first-order chi connectivity index (χ1) is 5.77. The standard InChI is InChI=1S/C9H7NO2/c10-5-7-1-3-8(4-2-7)9(12)6-11/h1-4,11H,6H2. The zero-order chi connectivity index (χ0) is 8.97. The Balaban J connectivity index is 2.94. The van der Waals surface area contributed by atoms with Crippen LogP contribution in [0.15, 0.2) is 24.3 Å². The Labute approximate surface area is 69.9 Å². The number of nitriles is 1. The molecule has 0 aliphatic carbocycles. The van der Waals surface area contributed by atoms with Gasteiger partial charge in [0.2, 0.25) is 0 Å². The highest BCUT2D eigenvalue weighted by atomic mass is 16.3. The van der Waals surface area contributed by atoms with Crippen molar-refractivity contribution in [2.75, 3.05) is 6.61 Å². The molecule has 1 aromatic carbocycles. The first-order valence-corrected chi connectivity index (χ1v) is 3.42. The molecule has 3 heteroatoms. The van der Waals surface area contributed by atoms with Crippen LogP contribution in [0.5, 0.6) is 0 Å². The first kappa shape index (κ1) is 8.44. The fourth-order valence-electron chi connectivity index (χ4n) is 0.822. The Morgan fingerprint density at radius 2 is 2.00 bits per heavy atom. The fraction of sp³-hybridized carbons (Fsp3) is 0.111. The Kier molecular flexibility index (Phi) is 2.57. The minimum atomic E-state index is -0.494. The molecule has 0 amide bonds. The molecule has 0 aliphatic rings. The molecule has 3 nitrogen and oxygen atoms in total. The number of benzene rings is 1. The summed E-state index contributed by atoms with van der Waals surface area (Å²) in [5.74, 6) is -0.334. The van der Waals surface area contributed by atoms with Crippen LogP contribution in [0.4, 0.5) is 0 Å². The molecule has 1 rings (SSSR count). The molecular weight excluding hydrogens is 154 g/mol. The summed E-state index contributed by atoms with van der Waals surface area (Å²) in [6, 6.07) is 8.08. The second kappa shape index (κ2) is 3.65. The van der Waals surface area contributed by atoms with Crippen LogP contribution in [0.1, 0.15) is 15.9 Å². The van der Waals surface area contributed by atoms with Crippen molar-refractivity contribution < 1.29 is 9.90 Å². The van der Waals surface area contributed by atoms with Crippen molar-refractivity contribution >= 4 is 5.78 Å². The van der Waals surface area contributed by atoms with E-state index in [0.29, 0.717) is 11.1 Å². The van der Waals surface area contributed by atoms with Gasteiger partial charge in [-0.05, 0) is 12.1 Å². The number of rotatable bonds is 2. The number of carbonyl (C=O) groups is 1. The van der Waals surface area contributed by atoms with E-state index >= 15 is 0 Å². The second-order valence-corrected chi connectivity index (χ2v) is 2.27. The third-order valence-electron chi connectivity index (χ3n) is 1.48. The molecule has 0 aliphatic heterocycles. The highest BCUT2D eigenvalue weighted by Crippen LogP contribution is 2.03. The SMILES string of the molecule is N#Cc1ccc(C(=O)CO)cc1. The van der Waals surface area contributed by atoms with E-state index in [9.17, 15) is 4.79 Å². The maximum atomic E-state index is 10.9. The van der Waals surface area contributed by atoms with Crippen molar-refractivity contribution in [2.24, 2.45) is 0 Å². The number of ketones is 1. The van der Waals surface area contributed by atoms with Gasteiger partial charge in [0.15, 0.2) is 5.78 Å². The molecular formula is C9H7NO2. The predicted molar refractivity (Wildman–Crippen MR) is 42.6 cm³/mol. The number of hydrogen-bond acceptors (Lipinski definition) is 3. The zero-order valence-corrected chi connectivity index (χ0v) is 6.32. The molecule has 0 radical (unpaired) electrons. The van der Waals surface area contributed by atoms with Crippen molar-refractivity contribution in [1.29, 1.82) is 5.26 Å². The molecule has 60 valence electrons. The average molecular weight is 161 g/mol. The highest BCUT2D eigenvalue weighted by molar-refractivity contribution is 5.96. The summed E-state index contributed by atoms with van der Waals surface area (Å²) in [4.78, 5) is 10.9. The van der Waals surface area contributed by atoms with Gasteiger partial charge in [0.1, 0.15) is 6.61 Å². The lowest BCUT2D eigenvalue weighted by molar-refractivity contribution is 0.0904. The van der Waals surface area contributed by atoms with E-state index in [4.69, 9.17) is 10.4 Å². The van der Waals surface area contributed by atoms with Gasteiger partial charge in [-0.15, -0.1) is 0 Å². The second-order valence-electron chi connectivity index (χ2n) is 2.27. The summed E-state index contributed by atoms with van der Waals surface area (Å²) in [5.41, 5.74) is 0.931. The number of Topliss-reactive ketones (excluding diaryl/α,β-unsaturated/α-hetero) is 1. The Bertz CT molecular complexity index is 321. The maximum Gasteiger partial charge on any atom is 0.188 e. The van der Waals surface area contributed by atoms with Gasteiger partial charge in [-0.3, -0.25) is 4.79 Å². The van der Waals surface area contributed by atoms with Gasteiger partial charge in [0.25, 0.3) is 0 Å². The topological polar surface area (TPSA) is 61.1 Å². The van der Waals surface area contributed by atoms with Crippen molar-refractivity contribution in [1.82, 2.24) is 0 Å². The minimum Gasteiger partial charge on any atom is -0.388 e. The van der Waals surface area contributed by atoms with Crippen LogP contribution >= 0.6 is 0 Å². The summed E-state index contributed by atoms with van der Waals surface area (Å²) in [6.45, 7) is -0.494. The van der Waals surface area contributed by atoms with Gasteiger partial charge in [0.05, 0.1) is 11.6 Å². The van der Waals surface area contributed by atoms with Crippen LogP contribution in [0.25, 0.3) is 0 Å². The minimum absolute atomic E-state index is 0.334. The Morgan fingerprint density at radius 3 is 2.42 bits per heavy atom. The van der Waals surface area contributed by atoms with Crippen molar-refractivity contribution in [3.8, 4) is 6.07 Å². The fourth-order valence-corrected chi connectivity index (χ4v) is 0.822. The van der Waals surface area contributed by atoms with Gasteiger partial charge < -0.3 is 5.11 Å². The lowest BCUT2D eigenvalue weighted by Crippen LogP contribution is -2.03. The summed E-state index contributed by atoms with van der Waals surface area (Å²) in [6.07, 6.45) is 0. The van der Waals surface area contributed by atoms with Crippen LogP contribution in [-0.4, -0.2) is 17.5 Å². The molecule has 0 fully saturated rings. The van der Waals surface area contributed by atoms with Gasteiger partial charge in [0, 0.05) is 5.56 Å². The molecule has 12 heavy (non-hydrogen) atoms. The molecule has 0 unspecified atom stereocenters. The van der Waals surface area contributed by atoms with E-state index in [1.165, 1.54) is 12.1 Å². The van der Waals surface area contributed by atoms with Crippen molar-refractivity contribution in [2.45, 2.75) is 0 Å². The molecule has 1 aromatic rings. The normalized spacial score (nSPS) is 9.00. The first-order valence-electron chi connectivity index (χ1n) is 3.42. The van der Waals surface area contributed by atoms with Crippen LogP contribution in [-0.2, 0) is 0 Å². The lowest BCUT2D eigenvalue weighted by Gasteiger charge is -1.95. The Morgan fingerprint density at radius 1 is 1.42 bits per heavy atom. The number of hydrogen-bond donors (Lipinski definition) is 1. The largest absolute Gasteiger partial charge is 0.388 e. The number of aliphatic hydroxyl groups is 1. The molecule has 0 atom stereocenters. The Hall–Kier alpha value is -1.66. The molecule has 0 saturated carbocycles. The lowest BCUT2D eigenvalue weighted by atomic mass is 10.1. The molecule has 0 saturated heterocycles. The third-order valence-corrected chi connectivity index (χ3v) is 1.48. The van der Waals surface area contributed by atoms with Crippen LogP contribution < -0.4 is 0 Å². The van der Waals surface area contributed by atoms with Gasteiger partial charge in [-0.2, -0.15) is 5.26 Å². The highest BCUT2D eigenvalue weighted by Gasteiger charge is 2.02. The van der Waals surface area contributed by atoms with E-state index in [-0.39, 0.29) is 5.78 Å². The van der Waals surface area contributed by atoms with Crippen LogP contribution in [0, 0.1) is 11.3 Å². The van der Waals surface area contributed by atoms with Crippen LogP contribution in [0.3, 0.4) is 0 Å². The molecule has 0 spiro atoms. The van der Waals surface area contributed by atoms with Crippen molar-refractivity contribution in [3.63, 3.8) is 0 Å². The van der Waals surface area contributed by atoms with E-state index < -0.39 is 6.61 Å². The monoisotopic (exact) mass is 161 g/mol. The summed E-state index contributed by atoms with van der Waals surface area (Å²) in [5, 5.41) is 16.9. The van der Waals surface area contributed by atoms with Gasteiger partial charge in [-0.1, -0.05) is 12.1 Å². The van der Waals surface area contributed by atoms with E-state index in [2.05, 4.69) is 0 Å². The summed E-state index contributed by atoms with van der Waals surface area (Å²) < 4.78 is 0. The predicted octanol–water partition coefficient (Wildman–Crippen LogP) is 0.733. The quantitative estimate of drug-likeness (QED) is 0.650. The van der Waals surface area contributed by atoms with Gasteiger partial charge in [-0.25, -0.2) is 0 Å². The molecule has 1 N–H and O–H groups in total. The summed E-state index contributed by atoms with van der Waals surface area (Å²) in [7, 11) is 0. The van der Waals surface area contributed by atoms with Crippen LogP contribution in [0.2, 0.25) is 0 Å². The number of nitrogens with zero attached hydrogens (tertiary/aromatic N) is 1. The molecule has 0 bridgehead atoms. The van der Waals surface area contributed by atoms with Crippen molar-refractivity contribution in [3.05, 3.63) is 35.4 Å². The molecule has 0 heterocycles. The summed E-state index contributed by atoms with van der Waals surface area (Å²) >= 11 is 0. The average Bonchev–Trinajstić information content (AvgIpc) is 2.17. The molecule has 0 aromatic heterocycles.